The Balaban J connectivity index is 0.000000956. The molecule has 0 saturated heterocycles. The van der Waals surface area contributed by atoms with Crippen LogP contribution in [0.3, 0.4) is 0 Å². The Morgan fingerprint density at radius 1 is 1.05 bits per heavy atom. The van der Waals surface area contributed by atoms with Crippen LogP contribution in [-0.2, 0) is 0 Å². The number of halogens is 4. The molecule has 1 aromatic carbocycles. The molecule has 1 heterocycles. The maximum absolute atomic E-state index is 12.0. The largest absolute Gasteiger partial charge is 0.573 e. The third kappa shape index (κ3) is 5.05. The number of benzene rings is 1. The SMILES string of the molecule is CC.FC(F)(F)Oc1ccc(-c2cc(Cl)ncn2)cc1. The average Bonchev–Trinajstić information content (AvgIpc) is 2.40. The Morgan fingerprint density at radius 2 is 1.65 bits per heavy atom. The molecule has 3 nitrogen and oxygen atoms in total. The van der Waals surface area contributed by atoms with E-state index in [0.717, 1.165) is 0 Å². The summed E-state index contributed by atoms with van der Waals surface area (Å²) in [4.78, 5) is 7.67. The van der Waals surface area contributed by atoms with Crippen LogP contribution in [0.25, 0.3) is 11.3 Å². The molecule has 1 aromatic heterocycles. The lowest BCUT2D eigenvalue weighted by molar-refractivity contribution is -0.274. The van der Waals surface area contributed by atoms with Crippen LogP contribution in [0.15, 0.2) is 36.7 Å². The highest BCUT2D eigenvalue weighted by Gasteiger charge is 2.30. The van der Waals surface area contributed by atoms with Crippen molar-refractivity contribution in [2.75, 3.05) is 0 Å². The van der Waals surface area contributed by atoms with Crippen molar-refractivity contribution in [2.24, 2.45) is 0 Å². The maximum atomic E-state index is 12.0. The van der Waals surface area contributed by atoms with Gasteiger partial charge in [-0.15, -0.1) is 13.2 Å². The first-order chi connectivity index (χ1) is 9.44. The molecule has 0 aliphatic rings. The molecule has 0 unspecified atom stereocenters. The van der Waals surface area contributed by atoms with E-state index >= 15 is 0 Å². The highest BCUT2D eigenvalue weighted by atomic mass is 35.5. The summed E-state index contributed by atoms with van der Waals surface area (Å²) in [5.74, 6) is -0.286. The Kier molecular flexibility index (Phi) is 5.76. The lowest BCUT2D eigenvalue weighted by Gasteiger charge is -2.09. The summed E-state index contributed by atoms with van der Waals surface area (Å²) in [6.45, 7) is 4.00. The molecule has 0 spiro atoms. The highest BCUT2D eigenvalue weighted by molar-refractivity contribution is 6.29. The van der Waals surface area contributed by atoms with Gasteiger partial charge in [-0.2, -0.15) is 0 Å². The number of ether oxygens (including phenoxy) is 1. The fourth-order valence-corrected chi connectivity index (χ4v) is 1.47. The summed E-state index contributed by atoms with van der Waals surface area (Å²) in [6, 6.07) is 6.85. The third-order valence-electron chi connectivity index (χ3n) is 2.02. The van der Waals surface area contributed by atoms with E-state index in [1.54, 1.807) is 0 Å². The van der Waals surface area contributed by atoms with Crippen molar-refractivity contribution in [3.8, 4) is 17.0 Å². The molecule has 0 saturated carbocycles. The van der Waals surface area contributed by atoms with Crippen molar-refractivity contribution in [2.45, 2.75) is 20.2 Å². The second-order valence-corrected chi connectivity index (χ2v) is 3.69. The first-order valence-electron chi connectivity index (χ1n) is 5.78. The van der Waals surface area contributed by atoms with Gasteiger partial charge in [-0.25, -0.2) is 9.97 Å². The van der Waals surface area contributed by atoms with Gasteiger partial charge in [0.1, 0.15) is 17.2 Å². The van der Waals surface area contributed by atoms with E-state index in [1.165, 1.54) is 36.7 Å². The summed E-state index contributed by atoms with van der Waals surface area (Å²) >= 11 is 5.69. The first kappa shape index (κ1) is 16.2. The van der Waals surface area contributed by atoms with Gasteiger partial charge < -0.3 is 4.74 Å². The molecule has 0 radical (unpaired) electrons. The molecule has 108 valence electrons. The van der Waals surface area contributed by atoms with Crippen molar-refractivity contribution in [1.29, 1.82) is 0 Å². The van der Waals surface area contributed by atoms with E-state index in [-0.39, 0.29) is 10.9 Å². The number of alkyl halides is 3. The van der Waals surface area contributed by atoms with Crippen LogP contribution in [0.4, 0.5) is 13.2 Å². The van der Waals surface area contributed by atoms with Crippen LogP contribution in [-0.4, -0.2) is 16.3 Å². The fourth-order valence-electron chi connectivity index (χ4n) is 1.32. The molecule has 0 amide bonds. The molecule has 20 heavy (non-hydrogen) atoms. The molecule has 0 fully saturated rings. The summed E-state index contributed by atoms with van der Waals surface area (Å²) in [5, 5.41) is 0.260. The number of rotatable bonds is 2. The van der Waals surface area contributed by atoms with E-state index in [2.05, 4.69) is 14.7 Å². The molecule has 2 aromatic rings. The first-order valence-corrected chi connectivity index (χ1v) is 6.15. The summed E-state index contributed by atoms with van der Waals surface area (Å²) in [5.41, 5.74) is 1.14. The lowest BCUT2D eigenvalue weighted by Crippen LogP contribution is -2.16. The molecule has 0 atom stereocenters. The average molecular weight is 305 g/mol. The highest BCUT2D eigenvalue weighted by Crippen LogP contribution is 2.26. The zero-order valence-corrected chi connectivity index (χ0v) is 11.5. The third-order valence-corrected chi connectivity index (χ3v) is 2.22. The minimum atomic E-state index is -4.69. The molecule has 0 bridgehead atoms. The van der Waals surface area contributed by atoms with Gasteiger partial charge in [0.2, 0.25) is 0 Å². The van der Waals surface area contributed by atoms with Crippen LogP contribution >= 0.6 is 11.6 Å². The second-order valence-electron chi connectivity index (χ2n) is 3.30. The minimum absolute atomic E-state index is 0.260. The summed E-state index contributed by atoms with van der Waals surface area (Å²) in [7, 11) is 0. The summed E-state index contributed by atoms with van der Waals surface area (Å²) in [6.07, 6.45) is -3.42. The van der Waals surface area contributed by atoms with Gasteiger partial charge in [0.15, 0.2) is 0 Å². The number of hydrogen-bond acceptors (Lipinski definition) is 3. The van der Waals surface area contributed by atoms with Gasteiger partial charge in [0, 0.05) is 11.6 Å². The van der Waals surface area contributed by atoms with Crippen molar-refractivity contribution in [1.82, 2.24) is 9.97 Å². The molecule has 2 rings (SSSR count). The van der Waals surface area contributed by atoms with Crippen molar-refractivity contribution in [3.63, 3.8) is 0 Å². The van der Waals surface area contributed by atoms with Gasteiger partial charge >= 0.3 is 6.36 Å². The van der Waals surface area contributed by atoms with Crippen LogP contribution in [0.5, 0.6) is 5.75 Å². The normalized spacial score (nSPS) is 10.5. The van der Waals surface area contributed by atoms with Gasteiger partial charge in [-0.1, -0.05) is 25.4 Å². The van der Waals surface area contributed by atoms with E-state index in [4.69, 9.17) is 11.6 Å². The van der Waals surface area contributed by atoms with E-state index in [0.29, 0.717) is 11.3 Å². The van der Waals surface area contributed by atoms with E-state index < -0.39 is 6.36 Å². The minimum Gasteiger partial charge on any atom is -0.406 e. The van der Waals surface area contributed by atoms with Gasteiger partial charge in [-0.3, -0.25) is 0 Å². The predicted molar refractivity (Wildman–Crippen MR) is 70.5 cm³/mol. The Hall–Kier alpha value is -1.82. The number of nitrogens with zero attached hydrogens (tertiary/aromatic N) is 2. The molecule has 0 aliphatic heterocycles. The summed E-state index contributed by atoms with van der Waals surface area (Å²) < 4.78 is 39.6. The predicted octanol–water partition coefficient (Wildman–Crippen LogP) is 4.72. The van der Waals surface area contributed by atoms with Crippen molar-refractivity contribution < 1.29 is 17.9 Å². The topological polar surface area (TPSA) is 35.0 Å². The quantitative estimate of drug-likeness (QED) is 0.753. The van der Waals surface area contributed by atoms with Crippen molar-refractivity contribution in [3.05, 3.63) is 41.8 Å². The van der Waals surface area contributed by atoms with E-state index in [9.17, 15) is 13.2 Å². The smallest absolute Gasteiger partial charge is 0.406 e. The van der Waals surface area contributed by atoms with Crippen LogP contribution in [0, 0.1) is 0 Å². The van der Waals surface area contributed by atoms with Crippen molar-refractivity contribution >= 4 is 11.6 Å². The van der Waals surface area contributed by atoms with Crippen LogP contribution in [0.2, 0.25) is 5.15 Å². The van der Waals surface area contributed by atoms with Gasteiger partial charge in [0.05, 0.1) is 5.69 Å². The zero-order chi connectivity index (χ0) is 15.2. The molecule has 0 N–H and O–H groups in total. The Labute approximate surface area is 119 Å². The molecule has 7 heteroatoms. The maximum Gasteiger partial charge on any atom is 0.573 e. The number of hydrogen-bond donors (Lipinski definition) is 0. The Morgan fingerprint density at radius 3 is 2.15 bits per heavy atom. The second kappa shape index (κ2) is 7.09. The van der Waals surface area contributed by atoms with Gasteiger partial charge in [0.25, 0.3) is 0 Å². The molecule has 0 aliphatic carbocycles. The Bertz CT molecular complexity index is 544. The van der Waals surface area contributed by atoms with Gasteiger partial charge in [-0.05, 0) is 24.3 Å². The van der Waals surface area contributed by atoms with Crippen LogP contribution in [0.1, 0.15) is 13.8 Å². The number of aromatic nitrogens is 2. The lowest BCUT2D eigenvalue weighted by atomic mass is 10.1. The molecular weight excluding hydrogens is 293 g/mol. The van der Waals surface area contributed by atoms with E-state index in [1.807, 2.05) is 13.8 Å². The molecular formula is C13H12ClF3N2O. The zero-order valence-electron chi connectivity index (χ0n) is 10.8. The monoisotopic (exact) mass is 304 g/mol. The van der Waals surface area contributed by atoms with Crippen LogP contribution < -0.4 is 4.74 Å². The standard InChI is InChI=1S/C11H6ClF3N2O.C2H6/c12-10-5-9(16-6-17-10)7-1-3-8(4-2-7)18-11(13,14)15;1-2/h1-6H;1-2H3. The fraction of sp³-hybridized carbons (Fsp3) is 0.231.